The van der Waals surface area contributed by atoms with Crippen molar-refractivity contribution in [2.45, 2.75) is 44.9 Å². The maximum absolute atomic E-state index is 11.1. The monoisotopic (exact) mass is 328 g/mol. The zero-order valence-corrected chi connectivity index (χ0v) is 14.5. The van der Waals surface area contributed by atoms with Crippen LogP contribution in [0.3, 0.4) is 0 Å². The summed E-state index contributed by atoms with van der Waals surface area (Å²) in [6.45, 7) is 6.25. The second-order valence-corrected chi connectivity index (χ2v) is 6.98. The molecular formula is C17H24N6O. The molecule has 0 saturated carbocycles. The molecule has 128 valence electrons. The number of piperidine rings is 1. The lowest BCUT2D eigenvalue weighted by Crippen LogP contribution is -2.45. The van der Waals surface area contributed by atoms with Gasteiger partial charge >= 0.3 is 0 Å². The van der Waals surface area contributed by atoms with Gasteiger partial charge in [0.2, 0.25) is 0 Å². The second kappa shape index (κ2) is 6.38. The Balaban J connectivity index is 1.74. The molecule has 1 N–H and O–H groups in total. The average Bonchev–Trinajstić information content (AvgIpc) is 3.14. The van der Waals surface area contributed by atoms with Gasteiger partial charge in [0.15, 0.2) is 0 Å². The van der Waals surface area contributed by atoms with Crippen molar-refractivity contribution in [3.63, 3.8) is 0 Å². The number of rotatable bonds is 4. The minimum Gasteiger partial charge on any atom is -0.382 e. The fraction of sp³-hybridized carbons (Fsp3) is 0.588. The summed E-state index contributed by atoms with van der Waals surface area (Å²) in [5.41, 5.74) is 1.42. The normalized spacial score (nSPS) is 22.0. The average molecular weight is 328 g/mol. The van der Waals surface area contributed by atoms with Gasteiger partial charge in [-0.2, -0.15) is 5.26 Å². The molecule has 1 saturated heterocycles. The van der Waals surface area contributed by atoms with E-state index in [0.717, 1.165) is 25.1 Å². The molecule has 3 rings (SSSR count). The van der Waals surface area contributed by atoms with Crippen molar-refractivity contribution in [1.29, 1.82) is 5.26 Å². The van der Waals surface area contributed by atoms with E-state index in [1.807, 2.05) is 43.9 Å². The van der Waals surface area contributed by atoms with E-state index in [9.17, 15) is 5.11 Å². The molecule has 1 aliphatic heterocycles. The van der Waals surface area contributed by atoms with Crippen molar-refractivity contribution in [1.82, 2.24) is 24.5 Å². The lowest BCUT2D eigenvalue weighted by Gasteiger charge is -2.37. The van der Waals surface area contributed by atoms with E-state index in [1.165, 1.54) is 0 Å². The fourth-order valence-electron chi connectivity index (χ4n) is 3.30. The van der Waals surface area contributed by atoms with Crippen molar-refractivity contribution in [2.24, 2.45) is 7.05 Å². The molecule has 0 amide bonds. The summed E-state index contributed by atoms with van der Waals surface area (Å²) < 4.78 is 3.61. The number of aliphatic hydroxyl groups is 1. The molecule has 1 aliphatic rings. The van der Waals surface area contributed by atoms with Gasteiger partial charge in [-0.15, -0.1) is 5.10 Å². The Labute approximate surface area is 142 Å². The van der Waals surface area contributed by atoms with E-state index in [2.05, 4.69) is 21.3 Å². The first kappa shape index (κ1) is 16.7. The van der Waals surface area contributed by atoms with Crippen LogP contribution in [0.1, 0.15) is 49.7 Å². The van der Waals surface area contributed by atoms with Crippen molar-refractivity contribution >= 4 is 0 Å². The third-order valence-electron chi connectivity index (χ3n) is 4.65. The number of nitriles is 1. The van der Waals surface area contributed by atoms with Crippen LogP contribution in [0, 0.1) is 11.3 Å². The molecule has 2 aromatic heterocycles. The van der Waals surface area contributed by atoms with E-state index in [0.29, 0.717) is 24.4 Å². The number of aryl methyl sites for hydroxylation is 1. The molecule has 1 atom stereocenters. The van der Waals surface area contributed by atoms with Gasteiger partial charge in [0, 0.05) is 32.4 Å². The van der Waals surface area contributed by atoms with E-state index >= 15 is 0 Å². The highest BCUT2D eigenvalue weighted by Gasteiger charge is 2.37. The first-order chi connectivity index (χ1) is 11.4. The highest BCUT2D eigenvalue weighted by molar-refractivity contribution is 5.28. The Morgan fingerprint density at radius 3 is 2.83 bits per heavy atom. The summed E-state index contributed by atoms with van der Waals surface area (Å²) in [4.78, 5) is 2.22. The van der Waals surface area contributed by atoms with Crippen LogP contribution >= 0.6 is 0 Å². The second-order valence-electron chi connectivity index (χ2n) is 6.98. The minimum absolute atomic E-state index is 0.225. The van der Waals surface area contributed by atoms with Crippen LogP contribution in [0.15, 0.2) is 18.5 Å². The van der Waals surface area contributed by atoms with Gasteiger partial charge in [-0.25, -0.2) is 4.68 Å². The van der Waals surface area contributed by atoms with Crippen molar-refractivity contribution < 1.29 is 5.11 Å². The number of nitrogens with zero attached hydrogens (tertiary/aromatic N) is 6. The van der Waals surface area contributed by atoms with Crippen LogP contribution < -0.4 is 0 Å². The quantitative estimate of drug-likeness (QED) is 0.921. The summed E-state index contributed by atoms with van der Waals surface area (Å²) in [5, 5.41) is 28.5. The first-order valence-electron chi connectivity index (χ1n) is 8.33. The fourth-order valence-corrected chi connectivity index (χ4v) is 3.30. The van der Waals surface area contributed by atoms with Crippen LogP contribution in [0.4, 0.5) is 0 Å². The molecule has 0 bridgehead atoms. The standard InChI is InChI=1S/C17H24N6O/c1-13(2)23-11-16(19-20-23)17(24)5-4-6-22(12-17)10-14-7-15(8-18)21(3)9-14/h7,9,11,13,24H,4-6,10,12H2,1-3H3/t17-/m1/s1. The molecule has 7 heteroatoms. The van der Waals surface area contributed by atoms with Gasteiger partial charge in [0.25, 0.3) is 0 Å². The molecule has 2 aromatic rings. The lowest BCUT2D eigenvalue weighted by atomic mass is 9.90. The molecule has 0 aromatic carbocycles. The highest BCUT2D eigenvalue weighted by atomic mass is 16.3. The van der Waals surface area contributed by atoms with E-state index < -0.39 is 5.60 Å². The van der Waals surface area contributed by atoms with Crippen LogP contribution in [0.5, 0.6) is 0 Å². The van der Waals surface area contributed by atoms with E-state index in [4.69, 9.17) is 5.26 Å². The molecule has 7 nitrogen and oxygen atoms in total. The maximum Gasteiger partial charge on any atom is 0.123 e. The minimum atomic E-state index is -0.960. The predicted molar refractivity (Wildman–Crippen MR) is 88.9 cm³/mol. The van der Waals surface area contributed by atoms with Crippen LogP contribution in [0.25, 0.3) is 0 Å². The van der Waals surface area contributed by atoms with Gasteiger partial charge in [0.05, 0.1) is 6.20 Å². The van der Waals surface area contributed by atoms with Crippen molar-refractivity contribution in [3.05, 3.63) is 35.4 Å². The summed E-state index contributed by atoms with van der Waals surface area (Å²) in [7, 11) is 1.87. The molecule has 1 fully saturated rings. The predicted octanol–water partition coefficient (Wildman–Crippen LogP) is 1.55. The van der Waals surface area contributed by atoms with E-state index in [-0.39, 0.29) is 6.04 Å². The Bertz CT molecular complexity index is 755. The van der Waals surface area contributed by atoms with Gasteiger partial charge in [-0.1, -0.05) is 5.21 Å². The SMILES string of the molecule is CC(C)n1cc([C@@]2(O)CCCN(Cc3cc(C#N)n(C)c3)C2)nn1. The molecule has 0 spiro atoms. The summed E-state index contributed by atoms with van der Waals surface area (Å²) >= 11 is 0. The Hall–Kier alpha value is -2.17. The van der Waals surface area contributed by atoms with Gasteiger partial charge in [-0.3, -0.25) is 4.90 Å². The number of hydrogen-bond donors (Lipinski definition) is 1. The van der Waals surface area contributed by atoms with Gasteiger partial charge < -0.3 is 9.67 Å². The van der Waals surface area contributed by atoms with Crippen molar-refractivity contribution in [2.75, 3.05) is 13.1 Å². The van der Waals surface area contributed by atoms with Crippen LogP contribution in [-0.4, -0.2) is 42.7 Å². The summed E-state index contributed by atoms with van der Waals surface area (Å²) in [6, 6.07) is 4.31. The largest absolute Gasteiger partial charge is 0.382 e. The number of likely N-dealkylation sites (tertiary alicyclic amines) is 1. The number of hydrogen-bond acceptors (Lipinski definition) is 5. The van der Waals surface area contributed by atoms with Gasteiger partial charge in [-0.05, 0) is 44.9 Å². The molecule has 0 unspecified atom stereocenters. The summed E-state index contributed by atoms with van der Waals surface area (Å²) in [5.74, 6) is 0. The molecule has 0 aliphatic carbocycles. The Morgan fingerprint density at radius 2 is 2.21 bits per heavy atom. The smallest absolute Gasteiger partial charge is 0.123 e. The zero-order chi connectivity index (χ0) is 17.3. The zero-order valence-electron chi connectivity index (χ0n) is 14.5. The molecule has 24 heavy (non-hydrogen) atoms. The Kier molecular flexibility index (Phi) is 4.43. The third-order valence-corrected chi connectivity index (χ3v) is 4.65. The van der Waals surface area contributed by atoms with Crippen molar-refractivity contribution in [3.8, 4) is 6.07 Å². The topological polar surface area (TPSA) is 82.9 Å². The number of aromatic nitrogens is 4. The number of β-amino-alcohol motifs (C(OH)–C–C–N with tert-alkyl or cyclic N) is 1. The lowest BCUT2D eigenvalue weighted by molar-refractivity contribution is -0.0414. The first-order valence-corrected chi connectivity index (χ1v) is 8.33. The third kappa shape index (κ3) is 3.21. The summed E-state index contributed by atoms with van der Waals surface area (Å²) in [6.07, 6.45) is 5.42. The molecular weight excluding hydrogens is 304 g/mol. The van der Waals surface area contributed by atoms with Crippen LogP contribution in [-0.2, 0) is 19.2 Å². The Morgan fingerprint density at radius 1 is 1.42 bits per heavy atom. The van der Waals surface area contributed by atoms with E-state index in [1.54, 1.807) is 4.68 Å². The molecule has 3 heterocycles. The molecule has 0 radical (unpaired) electrons. The van der Waals surface area contributed by atoms with Gasteiger partial charge in [0.1, 0.15) is 23.1 Å². The maximum atomic E-state index is 11.1. The highest BCUT2D eigenvalue weighted by Crippen LogP contribution is 2.31. The van der Waals surface area contributed by atoms with Crippen LogP contribution in [0.2, 0.25) is 0 Å².